The molecule has 0 unspecified atom stereocenters. The van der Waals surface area contributed by atoms with Gasteiger partial charge in [0.2, 0.25) is 5.00 Å². The second-order valence-electron chi connectivity index (χ2n) is 4.70. The zero-order chi connectivity index (χ0) is 17.0. The van der Waals surface area contributed by atoms with Crippen LogP contribution in [0.2, 0.25) is 0 Å². The maximum atomic E-state index is 9.24. The third-order valence-electron chi connectivity index (χ3n) is 3.34. The molecule has 0 bridgehead atoms. The predicted molar refractivity (Wildman–Crippen MR) is 94.6 cm³/mol. The van der Waals surface area contributed by atoms with E-state index in [-0.39, 0.29) is 0 Å². The summed E-state index contributed by atoms with van der Waals surface area (Å²) in [5, 5.41) is 20.3. The van der Waals surface area contributed by atoms with Gasteiger partial charge in [0.1, 0.15) is 11.1 Å². The fourth-order valence-corrected chi connectivity index (χ4v) is 3.87. The lowest BCUT2D eigenvalue weighted by molar-refractivity contribution is 0.857. The number of aryl methyl sites for hydroxylation is 1. The Balaban J connectivity index is 2.35. The molecule has 2 aromatic rings. The van der Waals surface area contributed by atoms with Crippen molar-refractivity contribution >= 4 is 42.8 Å². The zero-order valence-corrected chi connectivity index (χ0v) is 15.0. The summed E-state index contributed by atoms with van der Waals surface area (Å²) in [6, 6.07) is 2.10. The topological polar surface area (TPSA) is 69.0 Å². The summed E-state index contributed by atoms with van der Waals surface area (Å²) in [5.41, 5.74) is 1.92. The van der Waals surface area contributed by atoms with E-state index in [9.17, 15) is 5.26 Å². The number of nitriles is 1. The van der Waals surface area contributed by atoms with Crippen LogP contribution in [0.25, 0.3) is 4.85 Å². The molecule has 0 amide bonds. The molecular formula is C15H16N6S2. The summed E-state index contributed by atoms with van der Waals surface area (Å²) in [4.78, 5) is 10.1. The van der Waals surface area contributed by atoms with Gasteiger partial charge in [-0.25, -0.2) is 9.83 Å². The Labute approximate surface area is 143 Å². The number of aromatic nitrogens is 1. The molecule has 0 saturated carbocycles. The van der Waals surface area contributed by atoms with Gasteiger partial charge in [0, 0.05) is 13.1 Å². The van der Waals surface area contributed by atoms with Gasteiger partial charge in [0.15, 0.2) is 10.1 Å². The monoisotopic (exact) mass is 344 g/mol. The van der Waals surface area contributed by atoms with Crippen molar-refractivity contribution in [3.05, 3.63) is 28.2 Å². The first-order valence-electron chi connectivity index (χ1n) is 7.10. The van der Waals surface area contributed by atoms with Gasteiger partial charge in [-0.1, -0.05) is 11.3 Å². The molecule has 118 valence electrons. The van der Waals surface area contributed by atoms with Crippen LogP contribution in [0, 0.1) is 31.8 Å². The van der Waals surface area contributed by atoms with E-state index < -0.39 is 0 Å². The van der Waals surface area contributed by atoms with Crippen molar-refractivity contribution < 1.29 is 0 Å². The summed E-state index contributed by atoms with van der Waals surface area (Å²) in [5.74, 6) is 0. The molecule has 23 heavy (non-hydrogen) atoms. The summed E-state index contributed by atoms with van der Waals surface area (Å²) >= 11 is 2.68. The first kappa shape index (κ1) is 17.1. The van der Waals surface area contributed by atoms with Crippen molar-refractivity contribution in [3.8, 4) is 6.07 Å². The third-order valence-corrected chi connectivity index (χ3v) is 5.52. The van der Waals surface area contributed by atoms with Gasteiger partial charge in [0.25, 0.3) is 0 Å². The normalized spacial score (nSPS) is 10.7. The number of thiazole rings is 1. The van der Waals surface area contributed by atoms with Gasteiger partial charge < -0.3 is 4.90 Å². The van der Waals surface area contributed by atoms with Crippen LogP contribution >= 0.6 is 22.7 Å². The Bertz CT molecular complexity index is 814. The molecule has 0 atom stereocenters. The highest BCUT2D eigenvalue weighted by molar-refractivity contribution is 7.20. The van der Waals surface area contributed by atoms with E-state index >= 15 is 0 Å². The Kier molecular flexibility index (Phi) is 5.43. The van der Waals surface area contributed by atoms with Crippen LogP contribution in [0.15, 0.2) is 10.2 Å². The van der Waals surface area contributed by atoms with Gasteiger partial charge in [-0.15, -0.1) is 21.6 Å². The lowest BCUT2D eigenvalue weighted by Crippen LogP contribution is -2.21. The molecule has 0 fully saturated rings. The summed E-state index contributed by atoms with van der Waals surface area (Å²) < 4.78 is 0. The molecule has 0 aliphatic heterocycles. The van der Waals surface area contributed by atoms with Crippen molar-refractivity contribution in [2.45, 2.75) is 27.7 Å². The Morgan fingerprint density at radius 2 is 1.87 bits per heavy atom. The van der Waals surface area contributed by atoms with E-state index in [0.717, 1.165) is 28.9 Å². The van der Waals surface area contributed by atoms with Crippen LogP contribution in [0.4, 0.5) is 20.1 Å². The highest BCUT2D eigenvalue weighted by Crippen LogP contribution is 2.42. The molecule has 0 N–H and O–H groups in total. The van der Waals surface area contributed by atoms with E-state index in [1.165, 1.54) is 22.7 Å². The van der Waals surface area contributed by atoms with Crippen LogP contribution in [0.5, 0.6) is 0 Å². The fraction of sp³-hybridized carbons (Fsp3) is 0.400. The SMILES string of the molecule is [C-]#[N+]c1sc(N=Nc2sc(N(CC)CC)nc2C)c(C#N)c1C. The molecule has 0 radical (unpaired) electrons. The van der Waals surface area contributed by atoms with Crippen molar-refractivity contribution in [2.75, 3.05) is 18.0 Å². The molecule has 6 nitrogen and oxygen atoms in total. The van der Waals surface area contributed by atoms with Crippen molar-refractivity contribution in [2.24, 2.45) is 10.2 Å². The molecule has 2 heterocycles. The highest BCUT2D eigenvalue weighted by atomic mass is 32.1. The van der Waals surface area contributed by atoms with Gasteiger partial charge in [-0.2, -0.15) is 5.26 Å². The van der Waals surface area contributed by atoms with Crippen molar-refractivity contribution in [3.63, 3.8) is 0 Å². The molecule has 0 saturated heterocycles. The summed E-state index contributed by atoms with van der Waals surface area (Å²) in [7, 11) is 0. The lowest BCUT2D eigenvalue weighted by Gasteiger charge is -2.16. The van der Waals surface area contributed by atoms with Crippen LogP contribution in [0.3, 0.4) is 0 Å². The molecular weight excluding hydrogens is 328 g/mol. The van der Waals surface area contributed by atoms with Crippen molar-refractivity contribution in [1.29, 1.82) is 5.26 Å². The number of rotatable bonds is 5. The van der Waals surface area contributed by atoms with Crippen molar-refractivity contribution in [1.82, 2.24) is 4.98 Å². The quantitative estimate of drug-likeness (QED) is 0.531. The van der Waals surface area contributed by atoms with Gasteiger partial charge in [-0.3, -0.25) is 0 Å². The maximum Gasteiger partial charge on any atom is 0.247 e. The van der Waals surface area contributed by atoms with Gasteiger partial charge in [0.05, 0.1) is 17.8 Å². The molecule has 0 aliphatic carbocycles. The third kappa shape index (κ3) is 3.39. The number of azo groups is 1. The Morgan fingerprint density at radius 1 is 1.22 bits per heavy atom. The van der Waals surface area contributed by atoms with Crippen LogP contribution in [-0.4, -0.2) is 18.1 Å². The number of nitrogens with zero attached hydrogens (tertiary/aromatic N) is 6. The molecule has 2 aromatic heterocycles. The smallest absolute Gasteiger partial charge is 0.247 e. The second-order valence-corrected chi connectivity index (χ2v) is 6.63. The first-order chi connectivity index (χ1) is 11.0. The van der Waals surface area contributed by atoms with E-state index in [4.69, 9.17) is 6.57 Å². The fourth-order valence-electron chi connectivity index (χ4n) is 1.98. The average Bonchev–Trinajstić information content (AvgIpc) is 3.06. The van der Waals surface area contributed by atoms with E-state index in [0.29, 0.717) is 21.1 Å². The number of thiophene rings is 1. The van der Waals surface area contributed by atoms with Crippen LogP contribution in [-0.2, 0) is 0 Å². The number of anilines is 1. The lowest BCUT2D eigenvalue weighted by atomic mass is 10.2. The largest absolute Gasteiger partial charge is 0.349 e. The summed E-state index contributed by atoms with van der Waals surface area (Å²) in [6.07, 6.45) is 0. The maximum absolute atomic E-state index is 9.24. The highest BCUT2D eigenvalue weighted by Gasteiger charge is 2.15. The van der Waals surface area contributed by atoms with Crippen LogP contribution in [0.1, 0.15) is 30.7 Å². The molecule has 0 spiro atoms. The molecule has 0 aliphatic rings. The predicted octanol–water partition coefficient (Wildman–Crippen LogP) is 5.51. The molecule has 2 rings (SSSR count). The first-order valence-corrected chi connectivity index (χ1v) is 8.74. The number of hydrogen-bond donors (Lipinski definition) is 0. The minimum Gasteiger partial charge on any atom is -0.349 e. The zero-order valence-electron chi connectivity index (χ0n) is 13.4. The van der Waals surface area contributed by atoms with E-state index in [2.05, 4.69) is 44.9 Å². The van der Waals surface area contributed by atoms with Crippen LogP contribution < -0.4 is 4.90 Å². The second kappa shape index (κ2) is 7.32. The minimum absolute atomic E-state index is 0.427. The van der Waals surface area contributed by atoms with E-state index in [1.54, 1.807) is 6.92 Å². The minimum atomic E-state index is 0.427. The molecule has 8 heteroatoms. The Morgan fingerprint density at radius 3 is 2.43 bits per heavy atom. The Hall–Kier alpha value is -2.29. The average molecular weight is 344 g/mol. The van der Waals surface area contributed by atoms with Gasteiger partial charge in [-0.05, 0) is 33.3 Å². The van der Waals surface area contributed by atoms with Gasteiger partial charge >= 0.3 is 0 Å². The summed E-state index contributed by atoms with van der Waals surface area (Å²) in [6.45, 7) is 16.7. The molecule has 0 aromatic carbocycles. The number of hydrogen-bond acceptors (Lipinski definition) is 7. The van der Waals surface area contributed by atoms with E-state index in [1.807, 2.05) is 6.92 Å². The standard InChI is InChI=1S/C15H16N6S2/c1-6-21(7-2)15-18-10(4)13(23-15)19-20-14-11(8-16)9(3)12(17-5)22-14/h6-7H2,1-4H3.